The summed E-state index contributed by atoms with van der Waals surface area (Å²) in [5.41, 5.74) is 5.25. The van der Waals surface area contributed by atoms with Crippen LogP contribution < -0.4 is 10.6 Å². The number of amides is 1. The molecule has 1 saturated carbocycles. The van der Waals surface area contributed by atoms with Gasteiger partial charge in [-0.25, -0.2) is 0 Å². The van der Waals surface area contributed by atoms with Crippen molar-refractivity contribution in [3.05, 3.63) is 17.9 Å². The zero-order valence-corrected chi connectivity index (χ0v) is 9.59. The molecular weight excluding hydrogens is 220 g/mol. The van der Waals surface area contributed by atoms with Gasteiger partial charge in [0, 0.05) is 12.1 Å². The molecule has 5 heteroatoms. The van der Waals surface area contributed by atoms with Crippen LogP contribution in [0.4, 0.5) is 5.88 Å². The van der Waals surface area contributed by atoms with E-state index in [2.05, 4.69) is 0 Å². The first-order valence-electron chi connectivity index (χ1n) is 5.80. The van der Waals surface area contributed by atoms with Gasteiger partial charge in [0.1, 0.15) is 0 Å². The second-order valence-electron chi connectivity index (χ2n) is 4.33. The van der Waals surface area contributed by atoms with Crippen molar-refractivity contribution in [2.75, 3.05) is 11.4 Å². The summed E-state index contributed by atoms with van der Waals surface area (Å²) >= 11 is 0. The van der Waals surface area contributed by atoms with Crippen LogP contribution in [0.3, 0.4) is 0 Å². The molecule has 2 N–H and O–H groups in total. The molecule has 1 fully saturated rings. The zero-order chi connectivity index (χ0) is 12.3. The average molecular weight is 236 g/mol. The van der Waals surface area contributed by atoms with Crippen LogP contribution in [0.15, 0.2) is 16.5 Å². The summed E-state index contributed by atoms with van der Waals surface area (Å²) in [5, 5.41) is 0. The number of nitrogens with two attached hydrogens (primary N) is 1. The molecule has 1 amide bonds. The summed E-state index contributed by atoms with van der Waals surface area (Å²) in [6.45, 7) is 0.135. The minimum atomic E-state index is -0.388. The van der Waals surface area contributed by atoms with Gasteiger partial charge in [-0.05, 0) is 18.9 Å². The Bertz CT molecular complexity index is 408. The van der Waals surface area contributed by atoms with Crippen molar-refractivity contribution in [3.63, 3.8) is 0 Å². The lowest BCUT2D eigenvalue weighted by Gasteiger charge is -2.27. The summed E-state index contributed by atoms with van der Waals surface area (Å²) in [6.07, 6.45) is 5.03. The number of aldehydes is 1. The molecule has 17 heavy (non-hydrogen) atoms. The van der Waals surface area contributed by atoms with Gasteiger partial charge in [-0.3, -0.25) is 9.59 Å². The molecule has 1 aromatic heterocycles. The Kier molecular flexibility index (Phi) is 3.46. The van der Waals surface area contributed by atoms with Gasteiger partial charge < -0.3 is 15.1 Å². The highest BCUT2D eigenvalue weighted by molar-refractivity contribution is 5.79. The maximum absolute atomic E-state index is 11.1. The van der Waals surface area contributed by atoms with E-state index >= 15 is 0 Å². The number of furan rings is 1. The fraction of sp³-hybridized carbons (Fsp3) is 0.500. The van der Waals surface area contributed by atoms with E-state index in [-0.39, 0.29) is 24.3 Å². The third-order valence-electron chi connectivity index (χ3n) is 3.10. The molecule has 0 spiro atoms. The van der Waals surface area contributed by atoms with E-state index in [0.717, 1.165) is 25.7 Å². The van der Waals surface area contributed by atoms with Crippen molar-refractivity contribution in [1.29, 1.82) is 0 Å². The maximum atomic E-state index is 11.1. The Morgan fingerprint density at radius 2 is 2.18 bits per heavy atom. The van der Waals surface area contributed by atoms with Gasteiger partial charge in [-0.2, -0.15) is 0 Å². The van der Waals surface area contributed by atoms with Crippen molar-refractivity contribution in [2.45, 2.75) is 31.7 Å². The van der Waals surface area contributed by atoms with Gasteiger partial charge in [0.05, 0.1) is 6.54 Å². The van der Waals surface area contributed by atoms with Crippen molar-refractivity contribution in [1.82, 2.24) is 0 Å². The topological polar surface area (TPSA) is 76.5 Å². The highest BCUT2D eigenvalue weighted by Crippen LogP contribution is 2.28. The molecular formula is C12H16N2O3. The minimum Gasteiger partial charge on any atom is -0.438 e. The minimum absolute atomic E-state index is 0.135. The number of anilines is 1. The van der Waals surface area contributed by atoms with Crippen LogP contribution in [0.25, 0.3) is 0 Å². The van der Waals surface area contributed by atoms with Crippen LogP contribution >= 0.6 is 0 Å². The largest absolute Gasteiger partial charge is 0.438 e. The second-order valence-corrected chi connectivity index (χ2v) is 4.33. The van der Waals surface area contributed by atoms with Crippen LogP contribution in [0.2, 0.25) is 0 Å². The average Bonchev–Trinajstić information content (AvgIpc) is 2.97. The molecule has 1 aliphatic rings. The predicted octanol–water partition coefficient (Wildman–Crippen LogP) is 1.33. The lowest BCUT2D eigenvalue weighted by molar-refractivity contribution is -0.116. The second kappa shape index (κ2) is 5.03. The fourth-order valence-electron chi connectivity index (χ4n) is 2.33. The third kappa shape index (κ3) is 2.67. The van der Waals surface area contributed by atoms with E-state index in [9.17, 15) is 9.59 Å². The Labute approximate surface area is 99.6 Å². The molecule has 92 valence electrons. The summed E-state index contributed by atoms with van der Waals surface area (Å²) in [7, 11) is 0. The predicted molar refractivity (Wildman–Crippen MR) is 62.9 cm³/mol. The summed E-state index contributed by atoms with van der Waals surface area (Å²) in [5.74, 6) is 0.436. The van der Waals surface area contributed by atoms with Crippen LogP contribution in [-0.4, -0.2) is 24.8 Å². The Hall–Kier alpha value is -1.78. The molecule has 0 aromatic carbocycles. The van der Waals surface area contributed by atoms with Gasteiger partial charge >= 0.3 is 0 Å². The number of hydrogen-bond donors (Lipinski definition) is 1. The molecule has 0 radical (unpaired) electrons. The van der Waals surface area contributed by atoms with E-state index in [4.69, 9.17) is 10.2 Å². The van der Waals surface area contributed by atoms with Crippen molar-refractivity contribution in [2.24, 2.45) is 5.73 Å². The molecule has 1 heterocycles. The smallest absolute Gasteiger partial charge is 0.237 e. The normalized spacial score (nSPS) is 16.0. The van der Waals surface area contributed by atoms with Crippen molar-refractivity contribution < 1.29 is 14.0 Å². The first kappa shape index (κ1) is 11.7. The SMILES string of the molecule is NC(=O)CN(c1ccc(C=O)o1)C1CCCC1. The standard InChI is InChI=1S/C12H16N2O3/c13-11(16)7-14(9-3-1-2-4-9)12-6-5-10(8-15)17-12/h5-6,8-9H,1-4,7H2,(H2,13,16). The number of carbonyl (C=O) groups excluding carboxylic acids is 2. The molecule has 1 aromatic rings. The third-order valence-corrected chi connectivity index (χ3v) is 3.10. The summed E-state index contributed by atoms with van der Waals surface area (Å²) in [6, 6.07) is 3.60. The maximum Gasteiger partial charge on any atom is 0.237 e. The van der Waals surface area contributed by atoms with E-state index < -0.39 is 0 Å². The van der Waals surface area contributed by atoms with E-state index in [1.165, 1.54) is 0 Å². The molecule has 0 atom stereocenters. The van der Waals surface area contributed by atoms with Crippen LogP contribution in [0, 0.1) is 0 Å². The highest BCUT2D eigenvalue weighted by atomic mass is 16.4. The highest BCUT2D eigenvalue weighted by Gasteiger charge is 2.26. The van der Waals surface area contributed by atoms with Gasteiger partial charge in [0.2, 0.25) is 5.91 Å². The quantitative estimate of drug-likeness (QED) is 0.782. The molecule has 0 bridgehead atoms. The molecule has 2 rings (SSSR count). The number of nitrogens with zero attached hydrogens (tertiary/aromatic N) is 1. The number of rotatable bonds is 5. The molecule has 5 nitrogen and oxygen atoms in total. The summed E-state index contributed by atoms with van der Waals surface area (Å²) in [4.78, 5) is 23.5. The van der Waals surface area contributed by atoms with Gasteiger partial charge in [0.15, 0.2) is 17.9 Å². The van der Waals surface area contributed by atoms with Gasteiger partial charge in [-0.1, -0.05) is 12.8 Å². The number of primary amides is 1. The number of carbonyl (C=O) groups is 2. The number of hydrogen-bond acceptors (Lipinski definition) is 4. The summed E-state index contributed by atoms with van der Waals surface area (Å²) < 4.78 is 5.36. The van der Waals surface area contributed by atoms with E-state index in [1.807, 2.05) is 4.90 Å². The molecule has 1 aliphatic carbocycles. The first-order chi connectivity index (χ1) is 8.20. The lowest BCUT2D eigenvalue weighted by atomic mass is 10.2. The molecule has 0 aliphatic heterocycles. The van der Waals surface area contributed by atoms with Crippen LogP contribution in [0.5, 0.6) is 0 Å². The van der Waals surface area contributed by atoms with E-state index in [0.29, 0.717) is 12.2 Å². The van der Waals surface area contributed by atoms with Crippen molar-refractivity contribution in [3.8, 4) is 0 Å². The molecule has 0 unspecified atom stereocenters. The van der Waals surface area contributed by atoms with Gasteiger partial charge in [-0.15, -0.1) is 0 Å². The monoisotopic (exact) mass is 236 g/mol. The molecule has 0 saturated heterocycles. The first-order valence-corrected chi connectivity index (χ1v) is 5.80. The van der Waals surface area contributed by atoms with Crippen molar-refractivity contribution >= 4 is 18.1 Å². The fourth-order valence-corrected chi connectivity index (χ4v) is 2.33. The van der Waals surface area contributed by atoms with Gasteiger partial charge in [0.25, 0.3) is 0 Å². The van der Waals surface area contributed by atoms with E-state index in [1.54, 1.807) is 12.1 Å². The zero-order valence-electron chi connectivity index (χ0n) is 9.59. The Balaban J connectivity index is 2.18. The Morgan fingerprint density at radius 1 is 1.47 bits per heavy atom. The van der Waals surface area contributed by atoms with Crippen LogP contribution in [-0.2, 0) is 4.79 Å². The van der Waals surface area contributed by atoms with Crippen LogP contribution in [0.1, 0.15) is 36.2 Å². The lowest BCUT2D eigenvalue weighted by Crippen LogP contribution is -2.40. The Morgan fingerprint density at radius 3 is 2.71 bits per heavy atom.